The predicted molar refractivity (Wildman–Crippen MR) is 89.4 cm³/mol. The van der Waals surface area contributed by atoms with E-state index < -0.39 is 0 Å². The van der Waals surface area contributed by atoms with Gasteiger partial charge in [-0.05, 0) is 37.3 Å². The Kier molecular flexibility index (Phi) is 6.44. The fraction of sp³-hybridized carbons (Fsp3) is 0.278. The maximum Gasteiger partial charge on any atom is 0.255 e. The lowest BCUT2D eigenvalue weighted by Crippen LogP contribution is -2.12. The number of carbonyl (C=O) groups is 1. The van der Waals surface area contributed by atoms with Gasteiger partial charge in [0.15, 0.2) is 0 Å². The van der Waals surface area contributed by atoms with E-state index >= 15 is 0 Å². The van der Waals surface area contributed by atoms with Crippen molar-refractivity contribution in [2.45, 2.75) is 6.92 Å². The van der Waals surface area contributed by atoms with Crippen LogP contribution in [0.4, 0.5) is 5.69 Å². The van der Waals surface area contributed by atoms with Gasteiger partial charge in [-0.3, -0.25) is 4.79 Å². The smallest absolute Gasteiger partial charge is 0.255 e. The minimum Gasteiger partial charge on any atom is -0.497 e. The average Bonchev–Trinajstić information content (AvgIpc) is 2.59. The molecule has 2 aromatic rings. The second-order valence-electron chi connectivity index (χ2n) is 4.76. The van der Waals surface area contributed by atoms with Crippen molar-refractivity contribution in [1.82, 2.24) is 0 Å². The van der Waals surface area contributed by atoms with E-state index in [0.29, 0.717) is 42.6 Å². The lowest BCUT2D eigenvalue weighted by Gasteiger charge is -2.09. The third kappa shape index (κ3) is 5.30. The Balaban J connectivity index is 1.98. The number of benzene rings is 2. The first kappa shape index (κ1) is 16.8. The van der Waals surface area contributed by atoms with Gasteiger partial charge in [0, 0.05) is 23.9 Å². The molecule has 0 unspecified atom stereocenters. The van der Waals surface area contributed by atoms with Gasteiger partial charge in [0.25, 0.3) is 5.91 Å². The molecule has 5 heteroatoms. The highest BCUT2D eigenvalue weighted by molar-refractivity contribution is 6.04. The quantitative estimate of drug-likeness (QED) is 0.759. The summed E-state index contributed by atoms with van der Waals surface area (Å²) in [7, 11) is 1.59. The zero-order valence-corrected chi connectivity index (χ0v) is 13.4. The van der Waals surface area contributed by atoms with Gasteiger partial charge in [-0.1, -0.05) is 12.1 Å². The lowest BCUT2D eigenvalue weighted by molar-refractivity contribution is 0.102. The van der Waals surface area contributed by atoms with Gasteiger partial charge in [0.2, 0.25) is 0 Å². The number of ether oxygens (including phenoxy) is 3. The molecule has 0 radical (unpaired) electrons. The fourth-order valence-corrected chi connectivity index (χ4v) is 1.99. The van der Waals surface area contributed by atoms with Crippen molar-refractivity contribution in [3.8, 4) is 11.5 Å². The van der Waals surface area contributed by atoms with Gasteiger partial charge in [0.1, 0.15) is 18.1 Å². The number of rotatable bonds is 8. The minimum absolute atomic E-state index is 0.200. The molecule has 2 rings (SSSR count). The molecule has 0 fully saturated rings. The topological polar surface area (TPSA) is 56.8 Å². The lowest BCUT2D eigenvalue weighted by atomic mass is 10.2. The number of amides is 1. The molecule has 23 heavy (non-hydrogen) atoms. The Labute approximate surface area is 136 Å². The molecule has 0 saturated heterocycles. The van der Waals surface area contributed by atoms with E-state index in [1.807, 2.05) is 31.2 Å². The van der Waals surface area contributed by atoms with Gasteiger partial charge in [-0.15, -0.1) is 0 Å². The molecule has 1 amide bonds. The maximum atomic E-state index is 12.3. The summed E-state index contributed by atoms with van der Waals surface area (Å²) < 4.78 is 15.9. The van der Waals surface area contributed by atoms with E-state index in [1.54, 1.807) is 31.4 Å². The molecule has 5 nitrogen and oxygen atoms in total. The summed E-state index contributed by atoms with van der Waals surface area (Å²) >= 11 is 0. The van der Waals surface area contributed by atoms with Crippen molar-refractivity contribution in [1.29, 1.82) is 0 Å². The Morgan fingerprint density at radius 2 is 1.83 bits per heavy atom. The van der Waals surface area contributed by atoms with E-state index in [1.165, 1.54) is 0 Å². The van der Waals surface area contributed by atoms with E-state index in [9.17, 15) is 4.79 Å². The van der Waals surface area contributed by atoms with Crippen LogP contribution < -0.4 is 14.8 Å². The highest BCUT2D eigenvalue weighted by Gasteiger charge is 2.08. The van der Waals surface area contributed by atoms with Crippen molar-refractivity contribution in [2.75, 3.05) is 32.2 Å². The molecule has 122 valence electrons. The molecular formula is C18H21NO4. The summed E-state index contributed by atoms with van der Waals surface area (Å²) in [6.45, 7) is 3.57. The van der Waals surface area contributed by atoms with Crippen molar-refractivity contribution >= 4 is 11.6 Å². The zero-order valence-electron chi connectivity index (χ0n) is 13.4. The zero-order chi connectivity index (χ0) is 16.5. The Morgan fingerprint density at radius 3 is 2.61 bits per heavy atom. The summed E-state index contributed by atoms with van der Waals surface area (Å²) in [5.74, 6) is 1.13. The second kappa shape index (κ2) is 8.80. The van der Waals surface area contributed by atoms with Crippen LogP contribution in [-0.2, 0) is 4.74 Å². The standard InChI is InChI=1S/C18H21NO4/c1-3-22-10-11-23-17-9-4-6-14(12-17)18(20)19-15-7-5-8-16(13-15)21-2/h4-9,12-13H,3,10-11H2,1-2H3,(H,19,20). The number of anilines is 1. The molecule has 0 aliphatic rings. The van der Waals surface area contributed by atoms with Crippen LogP contribution in [0.1, 0.15) is 17.3 Å². The van der Waals surface area contributed by atoms with Crippen molar-refractivity contribution < 1.29 is 19.0 Å². The SMILES string of the molecule is CCOCCOc1cccc(C(=O)Nc2cccc(OC)c2)c1. The van der Waals surface area contributed by atoms with Crippen LogP contribution in [0, 0.1) is 0 Å². The van der Waals surface area contributed by atoms with Gasteiger partial charge < -0.3 is 19.5 Å². The summed E-state index contributed by atoms with van der Waals surface area (Å²) in [4.78, 5) is 12.3. The van der Waals surface area contributed by atoms with Crippen LogP contribution >= 0.6 is 0 Å². The molecule has 0 aliphatic carbocycles. The van der Waals surface area contributed by atoms with Gasteiger partial charge in [-0.2, -0.15) is 0 Å². The second-order valence-corrected chi connectivity index (χ2v) is 4.76. The highest BCUT2D eigenvalue weighted by atomic mass is 16.5. The van der Waals surface area contributed by atoms with Gasteiger partial charge >= 0.3 is 0 Å². The molecule has 0 aromatic heterocycles. The van der Waals surface area contributed by atoms with Crippen LogP contribution in [0.15, 0.2) is 48.5 Å². The molecule has 0 saturated carbocycles. The normalized spacial score (nSPS) is 10.2. The Hall–Kier alpha value is -2.53. The summed E-state index contributed by atoms with van der Waals surface area (Å²) in [6.07, 6.45) is 0. The van der Waals surface area contributed by atoms with E-state index in [-0.39, 0.29) is 5.91 Å². The van der Waals surface area contributed by atoms with Crippen molar-refractivity contribution in [3.05, 3.63) is 54.1 Å². The average molecular weight is 315 g/mol. The highest BCUT2D eigenvalue weighted by Crippen LogP contribution is 2.19. The van der Waals surface area contributed by atoms with Crippen LogP contribution in [-0.4, -0.2) is 32.8 Å². The number of nitrogens with one attached hydrogen (secondary N) is 1. The molecule has 0 spiro atoms. The van der Waals surface area contributed by atoms with Gasteiger partial charge in [0.05, 0.1) is 13.7 Å². The third-order valence-corrected chi connectivity index (χ3v) is 3.12. The van der Waals surface area contributed by atoms with E-state index in [4.69, 9.17) is 14.2 Å². The van der Waals surface area contributed by atoms with Crippen LogP contribution in [0.25, 0.3) is 0 Å². The molecule has 1 N–H and O–H groups in total. The largest absolute Gasteiger partial charge is 0.497 e. The molecule has 0 heterocycles. The molecular weight excluding hydrogens is 294 g/mol. The molecule has 2 aromatic carbocycles. The summed E-state index contributed by atoms with van der Waals surface area (Å²) in [5, 5.41) is 2.84. The first-order valence-electron chi connectivity index (χ1n) is 7.49. The number of hydrogen-bond donors (Lipinski definition) is 1. The molecule has 0 aliphatic heterocycles. The summed E-state index contributed by atoms with van der Waals surface area (Å²) in [5.41, 5.74) is 1.21. The first-order chi connectivity index (χ1) is 11.2. The maximum absolute atomic E-state index is 12.3. The van der Waals surface area contributed by atoms with E-state index in [2.05, 4.69) is 5.32 Å². The van der Waals surface area contributed by atoms with Gasteiger partial charge in [-0.25, -0.2) is 0 Å². The first-order valence-corrected chi connectivity index (χ1v) is 7.49. The van der Waals surface area contributed by atoms with Crippen molar-refractivity contribution in [2.24, 2.45) is 0 Å². The number of methoxy groups -OCH3 is 1. The number of carbonyl (C=O) groups excluding carboxylic acids is 1. The van der Waals surface area contributed by atoms with E-state index in [0.717, 1.165) is 0 Å². The third-order valence-electron chi connectivity index (χ3n) is 3.12. The molecule has 0 atom stereocenters. The predicted octanol–water partition coefficient (Wildman–Crippen LogP) is 3.36. The minimum atomic E-state index is -0.200. The van der Waals surface area contributed by atoms with Crippen LogP contribution in [0.5, 0.6) is 11.5 Å². The number of hydrogen-bond acceptors (Lipinski definition) is 4. The Bertz CT molecular complexity index is 642. The summed E-state index contributed by atoms with van der Waals surface area (Å²) in [6, 6.07) is 14.3. The monoisotopic (exact) mass is 315 g/mol. The van der Waals surface area contributed by atoms with Crippen LogP contribution in [0.3, 0.4) is 0 Å². The van der Waals surface area contributed by atoms with Crippen molar-refractivity contribution in [3.63, 3.8) is 0 Å². The van der Waals surface area contributed by atoms with Crippen LogP contribution in [0.2, 0.25) is 0 Å². The molecule has 0 bridgehead atoms. The fourth-order valence-electron chi connectivity index (χ4n) is 1.99. The Morgan fingerprint density at radius 1 is 1.04 bits per heavy atom.